The highest BCUT2D eigenvalue weighted by molar-refractivity contribution is 6.32. The largest absolute Gasteiger partial charge is 0.492 e. The number of benzene rings is 3. The molecule has 0 aliphatic carbocycles. The summed E-state index contributed by atoms with van der Waals surface area (Å²) in [5, 5.41) is 15.2. The SMILES string of the molecule is CC/C(=C(/c1ccc(OCCN(C/C=C/C(=O)N(C)C)C(=O)O)cc1)c1ccc2c(cnn2C)c1)c1ccc(F)cc1Cl. The Morgan fingerprint density at radius 1 is 1.07 bits per heavy atom. The van der Waals surface area contributed by atoms with Crippen LogP contribution in [0.5, 0.6) is 5.75 Å². The second-order valence-corrected chi connectivity index (χ2v) is 10.5. The highest BCUT2D eigenvalue weighted by Gasteiger charge is 2.17. The predicted molar refractivity (Wildman–Crippen MR) is 168 cm³/mol. The van der Waals surface area contributed by atoms with Crippen molar-refractivity contribution in [3.63, 3.8) is 0 Å². The average molecular weight is 605 g/mol. The first-order valence-corrected chi connectivity index (χ1v) is 14.2. The molecule has 4 rings (SSSR count). The van der Waals surface area contributed by atoms with Crippen molar-refractivity contribution in [3.8, 4) is 5.75 Å². The summed E-state index contributed by atoms with van der Waals surface area (Å²) in [5.41, 5.74) is 5.53. The number of rotatable bonds is 11. The zero-order valence-corrected chi connectivity index (χ0v) is 25.3. The molecule has 0 spiro atoms. The normalized spacial score (nSPS) is 12.0. The molecule has 1 heterocycles. The third-order valence-electron chi connectivity index (χ3n) is 7.02. The van der Waals surface area contributed by atoms with Crippen LogP contribution < -0.4 is 4.74 Å². The molecular formula is C33H34ClFN4O4. The van der Waals surface area contributed by atoms with E-state index in [0.29, 0.717) is 17.2 Å². The summed E-state index contributed by atoms with van der Waals surface area (Å²) in [6, 6.07) is 18.1. The van der Waals surface area contributed by atoms with Crippen molar-refractivity contribution < 1.29 is 23.8 Å². The van der Waals surface area contributed by atoms with E-state index in [4.69, 9.17) is 16.3 Å². The van der Waals surface area contributed by atoms with Gasteiger partial charge in [-0.2, -0.15) is 5.10 Å². The van der Waals surface area contributed by atoms with Gasteiger partial charge in [-0.25, -0.2) is 9.18 Å². The predicted octanol–water partition coefficient (Wildman–Crippen LogP) is 6.74. The van der Waals surface area contributed by atoms with Gasteiger partial charge >= 0.3 is 6.09 Å². The maximum absolute atomic E-state index is 13.9. The summed E-state index contributed by atoms with van der Waals surface area (Å²) in [5.74, 6) is -0.0423. The smallest absolute Gasteiger partial charge is 0.407 e. The number of amides is 2. The molecule has 4 aromatic rings. The van der Waals surface area contributed by atoms with Gasteiger partial charge in [-0.3, -0.25) is 9.48 Å². The van der Waals surface area contributed by atoms with E-state index in [2.05, 4.69) is 11.2 Å². The molecule has 0 atom stereocenters. The van der Waals surface area contributed by atoms with Gasteiger partial charge in [0.15, 0.2) is 0 Å². The molecule has 0 aliphatic heterocycles. The molecule has 224 valence electrons. The summed E-state index contributed by atoms with van der Waals surface area (Å²) >= 11 is 6.54. The number of fused-ring (bicyclic) bond motifs is 1. The molecule has 1 N–H and O–H groups in total. The topological polar surface area (TPSA) is 87.9 Å². The molecule has 0 unspecified atom stereocenters. The van der Waals surface area contributed by atoms with Gasteiger partial charge in [-0.1, -0.05) is 48.9 Å². The summed E-state index contributed by atoms with van der Waals surface area (Å²) in [4.78, 5) is 25.9. The van der Waals surface area contributed by atoms with E-state index >= 15 is 0 Å². The Kier molecular flexibility index (Phi) is 10.2. The van der Waals surface area contributed by atoms with Crippen LogP contribution >= 0.6 is 11.6 Å². The zero-order chi connectivity index (χ0) is 31.1. The number of aromatic nitrogens is 2. The molecule has 8 nitrogen and oxygen atoms in total. The lowest BCUT2D eigenvalue weighted by atomic mass is 9.87. The Morgan fingerprint density at radius 3 is 2.44 bits per heavy atom. The van der Waals surface area contributed by atoms with E-state index in [0.717, 1.165) is 38.7 Å². The van der Waals surface area contributed by atoms with Crippen molar-refractivity contribution >= 4 is 45.7 Å². The highest BCUT2D eigenvalue weighted by Crippen LogP contribution is 2.38. The molecule has 43 heavy (non-hydrogen) atoms. The van der Waals surface area contributed by atoms with E-state index in [9.17, 15) is 19.1 Å². The highest BCUT2D eigenvalue weighted by atomic mass is 35.5. The molecule has 10 heteroatoms. The minimum absolute atomic E-state index is 0.0678. The van der Waals surface area contributed by atoms with E-state index in [1.54, 1.807) is 20.2 Å². The van der Waals surface area contributed by atoms with E-state index < -0.39 is 11.9 Å². The number of hydrogen-bond donors (Lipinski definition) is 1. The van der Waals surface area contributed by atoms with Gasteiger partial charge in [0.05, 0.1) is 23.3 Å². The first-order valence-electron chi connectivity index (χ1n) is 13.8. The molecule has 2 amide bonds. The summed E-state index contributed by atoms with van der Waals surface area (Å²) in [6.07, 6.45) is 4.22. The molecule has 0 radical (unpaired) electrons. The van der Waals surface area contributed by atoms with Crippen LogP contribution in [0.3, 0.4) is 0 Å². The number of carbonyl (C=O) groups is 2. The average Bonchev–Trinajstić information content (AvgIpc) is 3.35. The Balaban J connectivity index is 1.60. The third-order valence-corrected chi connectivity index (χ3v) is 7.33. The summed E-state index contributed by atoms with van der Waals surface area (Å²) in [6.45, 7) is 2.36. The molecular weight excluding hydrogens is 571 g/mol. The van der Waals surface area contributed by atoms with Crippen LogP contribution in [-0.2, 0) is 11.8 Å². The number of carbonyl (C=O) groups excluding carboxylic acids is 1. The van der Waals surface area contributed by atoms with Crippen LogP contribution in [0.25, 0.3) is 22.0 Å². The Labute approximate surface area is 255 Å². The lowest BCUT2D eigenvalue weighted by Gasteiger charge is -2.19. The Morgan fingerprint density at radius 2 is 1.79 bits per heavy atom. The number of hydrogen-bond acceptors (Lipinski definition) is 4. The fourth-order valence-electron chi connectivity index (χ4n) is 4.76. The van der Waals surface area contributed by atoms with Crippen LogP contribution in [0.2, 0.25) is 5.02 Å². The first-order chi connectivity index (χ1) is 20.6. The van der Waals surface area contributed by atoms with Crippen LogP contribution in [0.4, 0.5) is 9.18 Å². The van der Waals surface area contributed by atoms with E-state index in [1.807, 2.05) is 61.2 Å². The number of halogens is 2. The molecule has 3 aromatic carbocycles. The second kappa shape index (κ2) is 14.0. The van der Waals surface area contributed by atoms with E-state index in [-0.39, 0.29) is 25.6 Å². The van der Waals surface area contributed by atoms with Gasteiger partial charge in [0.1, 0.15) is 18.2 Å². The Bertz CT molecular complexity index is 1680. The monoisotopic (exact) mass is 604 g/mol. The maximum Gasteiger partial charge on any atom is 0.407 e. The third kappa shape index (κ3) is 7.61. The van der Waals surface area contributed by atoms with E-state index in [1.165, 1.54) is 34.1 Å². The van der Waals surface area contributed by atoms with Gasteiger partial charge in [0, 0.05) is 39.2 Å². The van der Waals surface area contributed by atoms with Crippen LogP contribution in [0.1, 0.15) is 30.0 Å². The van der Waals surface area contributed by atoms with Crippen LogP contribution in [-0.4, -0.2) is 70.5 Å². The minimum atomic E-state index is -1.10. The summed E-state index contributed by atoms with van der Waals surface area (Å²) in [7, 11) is 5.14. The van der Waals surface area contributed by atoms with Gasteiger partial charge in [-0.05, 0) is 70.7 Å². The van der Waals surface area contributed by atoms with Crippen molar-refractivity contribution in [1.82, 2.24) is 19.6 Å². The molecule has 0 fully saturated rings. The number of ether oxygens (including phenoxy) is 1. The molecule has 1 aromatic heterocycles. The maximum atomic E-state index is 13.9. The van der Waals surface area contributed by atoms with Crippen LogP contribution in [0.15, 0.2) is 79.0 Å². The lowest BCUT2D eigenvalue weighted by molar-refractivity contribution is -0.123. The number of likely N-dealkylation sites (N-methyl/N-ethyl adjacent to an activating group) is 1. The molecule has 0 saturated heterocycles. The lowest BCUT2D eigenvalue weighted by Crippen LogP contribution is -2.33. The first kappa shape index (κ1) is 31.3. The number of aryl methyl sites for hydroxylation is 1. The van der Waals surface area contributed by atoms with Crippen LogP contribution in [0, 0.1) is 5.82 Å². The van der Waals surface area contributed by atoms with Crippen molar-refractivity contribution in [2.75, 3.05) is 33.8 Å². The number of allylic oxidation sites excluding steroid dienone is 1. The molecule has 0 aliphatic rings. The minimum Gasteiger partial charge on any atom is -0.492 e. The van der Waals surface area contributed by atoms with Gasteiger partial charge in [0.2, 0.25) is 5.91 Å². The van der Waals surface area contributed by atoms with Crippen molar-refractivity contribution in [2.24, 2.45) is 7.05 Å². The van der Waals surface area contributed by atoms with Gasteiger partial charge in [0.25, 0.3) is 0 Å². The van der Waals surface area contributed by atoms with Crippen molar-refractivity contribution in [2.45, 2.75) is 13.3 Å². The van der Waals surface area contributed by atoms with Gasteiger partial charge < -0.3 is 19.6 Å². The quantitative estimate of drug-likeness (QED) is 0.151. The zero-order valence-electron chi connectivity index (χ0n) is 24.6. The van der Waals surface area contributed by atoms with Crippen molar-refractivity contribution in [1.29, 1.82) is 0 Å². The van der Waals surface area contributed by atoms with Gasteiger partial charge in [-0.15, -0.1) is 0 Å². The standard InChI is InChI=1S/C33H34ClFN4O4/c1-5-27(28-14-11-25(35)20-29(28)34)32(23-10-15-30-24(19-23)21-36-38(30)4)22-8-12-26(13-9-22)43-18-17-39(33(41)42)16-6-7-31(40)37(2)3/h6-15,19-21H,5,16-18H2,1-4H3,(H,41,42)/b7-6+,32-27+. The fourth-order valence-corrected chi connectivity index (χ4v) is 5.04. The Hall–Kier alpha value is -4.63. The molecule has 0 bridgehead atoms. The van der Waals surface area contributed by atoms with Crippen molar-refractivity contribution in [3.05, 3.63) is 107 Å². The second-order valence-electron chi connectivity index (χ2n) is 10.1. The molecule has 0 saturated carbocycles. The number of carboxylic acid groups (broad SMARTS) is 1. The fraction of sp³-hybridized carbons (Fsp3) is 0.242. The number of nitrogens with zero attached hydrogens (tertiary/aromatic N) is 4. The summed E-state index contributed by atoms with van der Waals surface area (Å²) < 4.78 is 21.6.